The van der Waals surface area contributed by atoms with Gasteiger partial charge in [0, 0.05) is 6.54 Å². The quantitative estimate of drug-likeness (QED) is 0.857. The zero-order valence-corrected chi connectivity index (χ0v) is 13.0. The molecule has 1 aromatic rings. The molecule has 1 aromatic heterocycles. The van der Waals surface area contributed by atoms with Gasteiger partial charge in [-0.25, -0.2) is 4.68 Å². The van der Waals surface area contributed by atoms with E-state index in [0.717, 1.165) is 30.0 Å². The van der Waals surface area contributed by atoms with E-state index in [1.165, 1.54) is 30.4 Å². The molecule has 3 rings (SSSR count). The first-order valence-electron chi connectivity index (χ1n) is 7.29. The topological polar surface area (TPSA) is 67.2 Å². The fourth-order valence-electron chi connectivity index (χ4n) is 3.71. The van der Waals surface area contributed by atoms with Crippen LogP contribution in [0.2, 0.25) is 0 Å². The van der Waals surface area contributed by atoms with E-state index in [1.54, 1.807) is 6.20 Å². The molecule has 0 saturated heterocycles. The first-order chi connectivity index (χ1) is 9.69. The number of fused-ring (bicyclic) bond motifs is 2. The Morgan fingerprint density at radius 2 is 2.30 bits per heavy atom. The third-order valence-electron chi connectivity index (χ3n) is 4.74. The molecule has 0 aromatic carbocycles. The van der Waals surface area contributed by atoms with Crippen LogP contribution in [0.5, 0.6) is 0 Å². The zero-order chi connectivity index (χ0) is 14.1. The van der Waals surface area contributed by atoms with Crippen LogP contribution in [0.25, 0.3) is 0 Å². The van der Waals surface area contributed by atoms with Crippen LogP contribution in [0.3, 0.4) is 0 Å². The normalized spacial score (nSPS) is 28.0. The van der Waals surface area contributed by atoms with Crippen molar-refractivity contribution in [3.05, 3.63) is 21.0 Å². The van der Waals surface area contributed by atoms with E-state index in [1.807, 2.05) is 0 Å². The number of hydrogen-bond acceptors (Lipinski definition) is 4. The van der Waals surface area contributed by atoms with Gasteiger partial charge in [-0.05, 0) is 52.9 Å². The summed E-state index contributed by atoms with van der Waals surface area (Å²) >= 11 is 3.33. The number of nitrogens with zero attached hydrogens (tertiary/aromatic N) is 2. The molecule has 0 spiro atoms. The Balaban J connectivity index is 1.66. The maximum atomic E-state index is 12.0. The lowest BCUT2D eigenvalue weighted by Crippen LogP contribution is -2.27. The standard InChI is InChI=1S/C14H20BrN3O2/c15-13-12(8-17-18(3-4-19)14(13)20)16-7-11-6-9-1-2-10(11)5-9/h8-11,16,19H,1-7H2. The van der Waals surface area contributed by atoms with Crippen LogP contribution in [0.4, 0.5) is 5.69 Å². The Morgan fingerprint density at radius 1 is 1.45 bits per heavy atom. The summed E-state index contributed by atoms with van der Waals surface area (Å²) in [6.07, 6.45) is 7.15. The highest BCUT2D eigenvalue weighted by atomic mass is 79.9. The molecule has 2 aliphatic rings. The molecule has 0 amide bonds. The van der Waals surface area contributed by atoms with Gasteiger partial charge in [0.1, 0.15) is 4.47 Å². The van der Waals surface area contributed by atoms with Crippen LogP contribution in [0.1, 0.15) is 25.7 Å². The lowest BCUT2D eigenvalue weighted by Gasteiger charge is -2.22. The van der Waals surface area contributed by atoms with Gasteiger partial charge in [0.2, 0.25) is 0 Å². The van der Waals surface area contributed by atoms with E-state index < -0.39 is 0 Å². The van der Waals surface area contributed by atoms with E-state index in [4.69, 9.17) is 5.11 Å². The minimum atomic E-state index is -0.197. The van der Waals surface area contributed by atoms with Gasteiger partial charge in [0.15, 0.2) is 0 Å². The molecule has 2 saturated carbocycles. The summed E-state index contributed by atoms with van der Waals surface area (Å²) in [7, 11) is 0. The van der Waals surface area contributed by atoms with Crippen molar-refractivity contribution in [3.63, 3.8) is 0 Å². The fraction of sp³-hybridized carbons (Fsp3) is 0.714. The molecule has 2 bridgehead atoms. The minimum absolute atomic E-state index is 0.0860. The van der Waals surface area contributed by atoms with Crippen molar-refractivity contribution >= 4 is 21.6 Å². The molecule has 110 valence electrons. The molecule has 6 heteroatoms. The highest BCUT2D eigenvalue weighted by molar-refractivity contribution is 9.10. The Kier molecular flexibility index (Phi) is 4.12. The number of halogens is 1. The van der Waals surface area contributed by atoms with Crippen molar-refractivity contribution in [2.45, 2.75) is 32.2 Å². The number of nitrogens with one attached hydrogen (secondary N) is 1. The van der Waals surface area contributed by atoms with Gasteiger partial charge in [-0.15, -0.1) is 0 Å². The number of aliphatic hydroxyl groups excluding tert-OH is 1. The molecular weight excluding hydrogens is 322 g/mol. The molecule has 3 atom stereocenters. The summed E-state index contributed by atoms with van der Waals surface area (Å²) in [4.78, 5) is 12.0. The summed E-state index contributed by atoms with van der Waals surface area (Å²) in [6, 6.07) is 0. The molecule has 5 nitrogen and oxygen atoms in total. The lowest BCUT2D eigenvalue weighted by atomic mass is 9.89. The van der Waals surface area contributed by atoms with Gasteiger partial charge in [0.25, 0.3) is 5.56 Å². The van der Waals surface area contributed by atoms with Crippen molar-refractivity contribution < 1.29 is 5.11 Å². The SMILES string of the molecule is O=c1c(Br)c(NCC2CC3CCC2C3)cnn1CCO. The van der Waals surface area contributed by atoms with Gasteiger partial charge in [-0.1, -0.05) is 6.42 Å². The predicted molar refractivity (Wildman–Crippen MR) is 80.7 cm³/mol. The van der Waals surface area contributed by atoms with Crippen LogP contribution in [-0.2, 0) is 6.54 Å². The van der Waals surface area contributed by atoms with Gasteiger partial charge in [0.05, 0.1) is 25.0 Å². The van der Waals surface area contributed by atoms with Gasteiger partial charge >= 0.3 is 0 Å². The van der Waals surface area contributed by atoms with E-state index in [9.17, 15) is 4.79 Å². The van der Waals surface area contributed by atoms with E-state index >= 15 is 0 Å². The van der Waals surface area contributed by atoms with Crippen molar-refractivity contribution in [1.82, 2.24) is 9.78 Å². The summed E-state index contributed by atoms with van der Waals surface area (Å²) in [6.45, 7) is 1.06. The van der Waals surface area contributed by atoms with Gasteiger partial charge < -0.3 is 10.4 Å². The largest absolute Gasteiger partial charge is 0.394 e. The summed E-state index contributed by atoms with van der Waals surface area (Å²) in [5.74, 6) is 2.54. The van der Waals surface area contributed by atoms with Gasteiger partial charge in [-0.3, -0.25) is 4.79 Å². The van der Waals surface area contributed by atoms with E-state index in [-0.39, 0.29) is 18.7 Å². The van der Waals surface area contributed by atoms with Crippen LogP contribution in [0.15, 0.2) is 15.5 Å². The van der Waals surface area contributed by atoms with Crippen LogP contribution >= 0.6 is 15.9 Å². The maximum Gasteiger partial charge on any atom is 0.283 e. The third-order valence-corrected chi connectivity index (χ3v) is 5.50. The molecular formula is C14H20BrN3O2. The first-order valence-corrected chi connectivity index (χ1v) is 8.08. The summed E-state index contributed by atoms with van der Waals surface area (Å²) in [5, 5.41) is 16.3. The number of hydrogen-bond donors (Lipinski definition) is 2. The number of aliphatic hydroxyl groups is 1. The molecule has 1 heterocycles. The minimum Gasteiger partial charge on any atom is -0.394 e. The average molecular weight is 342 g/mol. The van der Waals surface area contributed by atoms with Gasteiger partial charge in [-0.2, -0.15) is 5.10 Å². The Bertz CT molecular complexity index is 546. The molecule has 0 radical (unpaired) electrons. The summed E-state index contributed by atoms with van der Waals surface area (Å²) in [5.41, 5.74) is 0.559. The Labute approximate surface area is 126 Å². The maximum absolute atomic E-state index is 12.0. The Hall–Kier alpha value is -0.880. The van der Waals surface area contributed by atoms with Crippen LogP contribution in [0, 0.1) is 17.8 Å². The second kappa shape index (κ2) is 5.85. The molecule has 2 fully saturated rings. The highest BCUT2D eigenvalue weighted by Crippen LogP contribution is 2.48. The lowest BCUT2D eigenvalue weighted by molar-refractivity contribution is 0.266. The monoisotopic (exact) mass is 341 g/mol. The second-order valence-electron chi connectivity index (χ2n) is 5.94. The van der Waals surface area contributed by atoms with Crippen molar-refractivity contribution in [1.29, 1.82) is 0 Å². The number of aromatic nitrogens is 2. The predicted octanol–water partition coefficient (Wildman–Crippen LogP) is 1.85. The van der Waals surface area contributed by atoms with Crippen molar-refractivity contribution in [3.8, 4) is 0 Å². The molecule has 2 aliphatic carbocycles. The molecule has 3 unspecified atom stereocenters. The first kappa shape index (κ1) is 14.1. The average Bonchev–Trinajstić information content (AvgIpc) is 3.06. The number of rotatable bonds is 5. The van der Waals surface area contributed by atoms with Crippen molar-refractivity contribution in [2.24, 2.45) is 17.8 Å². The fourth-order valence-corrected chi connectivity index (χ4v) is 4.16. The Morgan fingerprint density at radius 3 is 2.95 bits per heavy atom. The molecule has 0 aliphatic heterocycles. The van der Waals surface area contributed by atoms with Crippen molar-refractivity contribution in [2.75, 3.05) is 18.5 Å². The molecule has 20 heavy (non-hydrogen) atoms. The van der Waals surface area contributed by atoms with Crippen LogP contribution < -0.4 is 10.9 Å². The van der Waals surface area contributed by atoms with E-state index in [2.05, 4.69) is 26.3 Å². The van der Waals surface area contributed by atoms with E-state index in [0.29, 0.717) is 4.47 Å². The van der Waals surface area contributed by atoms with Crippen LogP contribution in [-0.4, -0.2) is 28.0 Å². The number of anilines is 1. The smallest absolute Gasteiger partial charge is 0.283 e. The highest BCUT2D eigenvalue weighted by Gasteiger charge is 2.39. The molecule has 2 N–H and O–H groups in total. The summed E-state index contributed by atoms with van der Waals surface area (Å²) < 4.78 is 1.77. The zero-order valence-electron chi connectivity index (χ0n) is 11.4. The third kappa shape index (κ3) is 2.63. The second-order valence-corrected chi connectivity index (χ2v) is 6.73.